The topological polar surface area (TPSA) is 33.7 Å². The van der Waals surface area contributed by atoms with Crippen molar-refractivity contribution in [3.63, 3.8) is 0 Å². The summed E-state index contributed by atoms with van der Waals surface area (Å²) in [6.45, 7) is 8.82. The van der Waals surface area contributed by atoms with Gasteiger partial charge in [0.05, 0.1) is 19.8 Å². The van der Waals surface area contributed by atoms with Crippen LogP contribution in [0.1, 0.15) is 6.92 Å². The first kappa shape index (κ1) is 15.1. The molecule has 0 amide bonds. The van der Waals surface area contributed by atoms with E-state index in [0.29, 0.717) is 19.3 Å². The van der Waals surface area contributed by atoms with Gasteiger partial charge in [0.25, 0.3) is 0 Å². The van der Waals surface area contributed by atoms with Crippen LogP contribution in [0.4, 0.5) is 0 Å². The Kier molecular flexibility index (Phi) is 9.44. The van der Waals surface area contributed by atoms with Gasteiger partial charge in [-0.15, -0.1) is 12.4 Å². The second-order valence-corrected chi connectivity index (χ2v) is 3.69. The summed E-state index contributed by atoms with van der Waals surface area (Å²) in [5.74, 6) is 0. The van der Waals surface area contributed by atoms with E-state index in [1.165, 1.54) is 0 Å². The van der Waals surface area contributed by atoms with Gasteiger partial charge < -0.3 is 14.8 Å². The zero-order valence-electron chi connectivity index (χ0n) is 9.70. The molecule has 1 atom stereocenters. The van der Waals surface area contributed by atoms with Gasteiger partial charge in [-0.1, -0.05) is 0 Å². The highest BCUT2D eigenvalue weighted by atomic mass is 35.5. The number of ether oxygens (including phenoxy) is 2. The molecule has 0 unspecified atom stereocenters. The SMILES string of the molecule is COCCOCCN1CCNC[C@@H]1C.Cl. The molecule has 92 valence electrons. The van der Waals surface area contributed by atoms with Crippen LogP contribution in [-0.2, 0) is 9.47 Å². The normalized spacial score (nSPS) is 22.4. The molecule has 1 N–H and O–H groups in total. The number of nitrogens with zero attached hydrogens (tertiary/aromatic N) is 1. The number of piperazine rings is 1. The Hall–Kier alpha value is 0.130. The molecule has 1 fully saturated rings. The summed E-state index contributed by atoms with van der Waals surface area (Å²) in [7, 11) is 1.70. The van der Waals surface area contributed by atoms with Crippen molar-refractivity contribution >= 4 is 12.4 Å². The number of halogens is 1. The fourth-order valence-corrected chi connectivity index (χ4v) is 1.64. The van der Waals surface area contributed by atoms with Crippen LogP contribution in [-0.4, -0.2) is 64.1 Å². The monoisotopic (exact) mass is 238 g/mol. The van der Waals surface area contributed by atoms with E-state index < -0.39 is 0 Å². The minimum atomic E-state index is 0. The van der Waals surface area contributed by atoms with Crippen molar-refractivity contribution in [1.29, 1.82) is 0 Å². The van der Waals surface area contributed by atoms with Crippen LogP contribution in [0.5, 0.6) is 0 Å². The molecule has 0 radical (unpaired) electrons. The first-order valence-electron chi connectivity index (χ1n) is 5.36. The molecule has 1 saturated heterocycles. The van der Waals surface area contributed by atoms with Gasteiger partial charge in [0.1, 0.15) is 0 Å². The van der Waals surface area contributed by atoms with Crippen molar-refractivity contribution in [2.45, 2.75) is 13.0 Å². The fraction of sp³-hybridized carbons (Fsp3) is 1.00. The van der Waals surface area contributed by atoms with Crippen molar-refractivity contribution in [1.82, 2.24) is 10.2 Å². The molecular formula is C10H23ClN2O2. The highest BCUT2D eigenvalue weighted by Gasteiger charge is 2.16. The summed E-state index contributed by atoms with van der Waals surface area (Å²) >= 11 is 0. The Morgan fingerprint density at radius 2 is 2.13 bits per heavy atom. The van der Waals surface area contributed by atoms with Crippen LogP contribution in [0.15, 0.2) is 0 Å². The first-order valence-corrected chi connectivity index (χ1v) is 5.36. The Bertz CT molecular complexity index is 149. The summed E-state index contributed by atoms with van der Waals surface area (Å²) in [6, 6.07) is 0.634. The van der Waals surface area contributed by atoms with Gasteiger partial charge in [0, 0.05) is 39.3 Å². The maximum atomic E-state index is 5.44. The van der Waals surface area contributed by atoms with Crippen LogP contribution in [0.2, 0.25) is 0 Å². The van der Waals surface area contributed by atoms with E-state index in [9.17, 15) is 0 Å². The van der Waals surface area contributed by atoms with Gasteiger partial charge in [-0.3, -0.25) is 4.90 Å². The minimum absolute atomic E-state index is 0. The fourth-order valence-electron chi connectivity index (χ4n) is 1.64. The summed E-state index contributed by atoms with van der Waals surface area (Å²) in [5, 5.41) is 3.37. The molecule has 0 aromatic heterocycles. The van der Waals surface area contributed by atoms with Crippen molar-refractivity contribution < 1.29 is 9.47 Å². The van der Waals surface area contributed by atoms with Crippen LogP contribution < -0.4 is 5.32 Å². The van der Waals surface area contributed by atoms with E-state index in [4.69, 9.17) is 9.47 Å². The quantitative estimate of drug-likeness (QED) is 0.678. The Morgan fingerprint density at radius 3 is 2.80 bits per heavy atom. The molecule has 0 aromatic rings. The highest BCUT2D eigenvalue weighted by Crippen LogP contribution is 2.01. The molecule has 1 aliphatic rings. The standard InChI is InChI=1S/C10H22N2O2.ClH/c1-10-9-11-3-4-12(10)5-6-14-8-7-13-2;/h10-11H,3-9H2,1-2H3;1H/t10-;/m0./s1. The third-order valence-corrected chi connectivity index (χ3v) is 2.59. The largest absolute Gasteiger partial charge is 0.382 e. The van der Waals surface area contributed by atoms with Crippen molar-refractivity contribution in [2.24, 2.45) is 0 Å². The van der Waals surface area contributed by atoms with Gasteiger partial charge in [-0.2, -0.15) is 0 Å². The molecule has 5 heteroatoms. The van der Waals surface area contributed by atoms with Crippen LogP contribution in [0.3, 0.4) is 0 Å². The van der Waals surface area contributed by atoms with Gasteiger partial charge in [0.15, 0.2) is 0 Å². The summed E-state index contributed by atoms with van der Waals surface area (Å²) in [6.07, 6.45) is 0. The third kappa shape index (κ3) is 6.33. The first-order chi connectivity index (χ1) is 6.84. The molecule has 0 aliphatic carbocycles. The Morgan fingerprint density at radius 1 is 1.33 bits per heavy atom. The molecule has 0 bridgehead atoms. The second kappa shape index (κ2) is 9.36. The number of methoxy groups -OCH3 is 1. The summed E-state index contributed by atoms with van der Waals surface area (Å²) in [5.41, 5.74) is 0. The highest BCUT2D eigenvalue weighted by molar-refractivity contribution is 5.85. The zero-order valence-corrected chi connectivity index (χ0v) is 10.5. The minimum Gasteiger partial charge on any atom is -0.382 e. The molecular weight excluding hydrogens is 216 g/mol. The smallest absolute Gasteiger partial charge is 0.0700 e. The molecule has 0 aromatic carbocycles. The maximum Gasteiger partial charge on any atom is 0.0700 e. The van der Waals surface area contributed by atoms with E-state index >= 15 is 0 Å². The predicted molar refractivity (Wildman–Crippen MR) is 63.8 cm³/mol. The molecule has 4 nitrogen and oxygen atoms in total. The molecule has 1 rings (SSSR count). The van der Waals surface area contributed by atoms with Crippen molar-refractivity contribution in [3.05, 3.63) is 0 Å². The maximum absolute atomic E-state index is 5.44. The molecule has 1 heterocycles. The van der Waals surface area contributed by atoms with Crippen LogP contribution in [0.25, 0.3) is 0 Å². The van der Waals surface area contributed by atoms with Gasteiger partial charge in [0.2, 0.25) is 0 Å². The van der Waals surface area contributed by atoms with Gasteiger partial charge in [-0.25, -0.2) is 0 Å². The Balaban J connectivity index is 0.00000196. The summed E-state index contributed by atoms with van der Waals surface area (Å²) < 4.78 is 10.3. The van der Waals surface area contributed by atoms with E-state index in [1.807, 2.05) is 0 Å². The Labute approximate surface area is 98.7 Å². The number of hydrogen-bond donors (Lipinski definition) is 1. The number of rotatable bonds is 6. The summed E-state index contributed by atoms with van der Waals surface area (Å²) in [4.78, 5) is 2.46. The average Bonchev–Trinajstić information content (AvgIpc) is 2.20. The van der Waals surface area contributed by atoms with Gasteiger partial charge in [-0.05, 0) is 6.92 Å². The lowest BCUT2D eigenvalue weighted by Crippen LogP contribution is -2.50. The van der Waals surface area contributed by atoms with Crippen molar-refractivity contribution in [3.8, 4) is 0 Å². The van der Waals surface area contributed by atoms with E-state index in [1.54, 1.807) is 7.11 Å². The lowest BCUT2D eigenvalue weighted by Gasteiger charge is -2.33. The van der Waals surface area contributed by atoms with Crippen LogP contribution >= 0.6 is 12.4 Å². The molecule has 15 heavy (non-hydrogen) atoms. The number of nitrogens with one attached hydrogen (secondary N) is 1. The third-order valence-electron chi connectivity index (χ3n) is 2.59. The average molecular weight is 239 g/mol. The molecule has 0 spiro atoms. The molecule has 1 aliphatic heterocycles. The van der Waals surface area contributed by atoms with E-state index in [2.05, 4.69) is 17.1 Å². The zero-order chi connectivity index (χ0) is 10.2. The predicted octanol–water partition coefficient (Wildman–Crippen LogP) is 0.365. The van der Waals surface area contributed by atoms with Crippen LogP contribution in [0, 0.1) is 0 Å². The second-order valence-electron chi connectivity index (χ2n) is 3.69. The van der Waals surface area contributed by atoms with Crippen molar-refractivity contribution in [2.75, 3.05) is 53.1 Å². The van der Waals surface area contributed by atoms with E-state index in [-0.39, 0.29) is 12.4 Å². The van der Waals surface area contributed by atoms with Gasteiger partial charge >= 0.3 is 0 Å². The van der Waals surface area contributed by atoms with E-state index in [0.717, 1.165) is 32.8 Å². The lowest BCUT2D eigenvalue weighted by molar-refractivity contribution is 0.0471. The number of hydrogen-bond acceptors (Lipinski definition) is 4. The lowest BCUT2D eigenvalue weighted by atomic mass is 10.2. The molecule has 0 saturated carbocycles.